The second-order valence-electron chi connectivity index (χ2n) is 5.15. The van der Waals surface area contributed by atoms with Crippen molar-refractivity contribution in [3.63, 3.8) is 0 Å². The maximum Gasteiger partial charge on any atom is 0.234 e. The van der Waals surface area contributed by atoms with E-state index in [1.807, 2.05) is 30.3 Å². The number of amides is 1. The number of nitrogens with one attached hydrogen (secondary N) is 1. The van der Waals surface area contributed by atoms with Crippen LogP contribution in [0.1, 0.15) is 5.56 Å². The Labute approximate surface area is 158 Å². The minimum atomic E-state index is -0.0700. The minimum absolute atomic E-state index is 0.0700. The van der Waals surface area contributed by atoms with E-state index in [4.69, 9.17) is 21.1 Å². The van der Waals surface area contributed by atoms with Gasteiger partial charge in [0, 0.05) is 27.4 Å². The van der Waals surface area contributed by atoms with E-state index in [0.29, 0.717) is 41.2 Å². The zero-order valence-electron chi connectivity index (χ0n) is 12.7. The van der Waals surface area contributed by atoms with Crippen LogP contribution in [0, 0.1) is 0 Å². The van der Waals surface area contributed by atoms with Crippen molar-refractivity contribution in [1.29, 1.82) is 0 Å². The fraction of sp³-hybridized carbons (Fsp3) is 0.235. The third-order valence-corrected chi connectivity index (χ3v) is 5.19. The van der Waals surface area contributed by atoms with E-state index in [-0.39, 0.29) is 5.91 Å². The first-order valence-electron chi connectivity index (χ1n) is 7.33. The van der Waals surface area contributed by atoms with E-state index in [1.165, 1.54) is 11.8 Å². The van der Waals surface area contributed by atoms with Crippen LogP contribution in [0.2, 0.25) is 5.02 Å². The van der Waals surface area contributed by atoms with Gasteiger partial charge in [-0.3, -0.25) is 4.79 Å². The molecule has 0 atom stereocenters. The number of fused-ring (bicyclic) bond motifs is 1. The van der Waals surface area contributed by atoms with Gasteiger partial charge >= 0.3 is 0 Å². The molecule has 0 aliphatic carbocycles. The Morgan fingerprint density at radius 3 is 2.71 bits per heavy atom. The van der Waals surface area contributed by atoms with Crippen molar-refractivity contribution in [2.45, 2.75) is 5.75 Å². The van der Waals surface area contributed by atoms with Crippen LogP contribution in [0.5, 0.6) is 11.5 Å². The van der Waals surface area contributed by atoms with Crippen LogP contribution in [0.15, 0.2) is 40.9 Å². The lowest BCUT2D eigenvalue weighted by Gasteiger charge is -2.20. The maximum absolute atomic E-state index is 12.1. The van der Waals surface area contributed by atoms with Crippen molar-refractivity contribution >= 4 is 50.9 Å². The molecule has 7 heteroatoms. The summed E-state index contributed by atoms with van der Waals surface area (Å²) < 4.78 is 11.8. The molecule has 1 aliphatic rings. The molecule has 1 heterocycles. The summed E-state index contributed by atoms with van der Waals surface area (Å²) in [4.78, 5) is 12.1. The van der Waals surface area contributed by atoms with E-state index in [1.54, 1.807) is 6.07 Å². The molecule has 0 spiro atoms. The average Bonchev–Trinajstić information content (AvgIpc) is 2.55. The second kappa shape index (κ2) is 8.14. The summed E-state index contributed by atoms with van der Waals surface area (Å²) in [5.74, 6) is 2.34. The Kier molecular flexibility index (Phi) is 5.92. The molecule has 0 fully saturated rings. The molecule has 4 nitrogen and oxygen atoms in total. The summed E-state index contributed by atoms with van der Waals surface area (Å²) in [6.45, 7) is 1.04. The number of carbonyl (C=O) groups is 1. The van der Waals surface area contributed by atoms with Gasteiger partial charge in [0.05, 0.1) is 11.4 Å². The largest absolute Gasteiger partial charge is 0.486 e. The normalized spacial score (nSPS) is 12.8. The Morgan fingerprint density at radius 2 is 1.96 bits per heavy atom. The standard InChI is InChI=1S/C17H15BrClNO3S/c18-13-7-15-16(23-5-4-22-15)8-14(13)20-17(21)10-24-9-11-2-1-3-12(19)6-11/h1-3,6-8H,4-5,9-10H2,(H,20,21). The van der Waals surface area contributed by atoms with Crippen molar-refractivity contribution in [1.82, 2.24) is 0 Å². The molecule has 0 aromatic heterocycles. The van der Waals surface area contributed by atoms with Crippen LogP contribution < -0.4 is 14.8 Å². The predicted octanol–water partition coefficient (Wildman–Crippen LogP) is 4.75. The molecule has 1 amide bonds. The fourth-order valence-corrected chi connectivity index (χ4v) is 3.64. The van der Waals surface area contributed by atoms with Crippen LogP contribution >= 0.6 is 39.3 Å². The Hall–Kier alpha value is -1.37. The van der Waals surface area contributed by atoms with Gasteiger partial charge in [-0.2, -0.15) is 0 Å². The number of benzene rings is 2. The van der Waals surface area contributed by atoms with Crippen molar-refractivity contribution in [3.8, 4) is 11.5 Å². The number of hydrogen-bond acceptors (Lipinski definition) is 4. The molecule has 0 saturated carbocycles. The highest BCUT2D eigenvalue weighted by atomic mass is 79.9. The first-order valence-corrected chi connectivity index (χ1v) is 9.65. The number of hydrogen-bond donors (Lipinski definition) is 1. The Bertz CT molecular complexity index is 757. The lowest BCUT2D eigenvalue weighted by atomic mass is 10.2. The van der Waals surface area contributed by atoms with Crippen molar-refractivity contribution in [3.05, 3.63) is 51.5 Å². The molecule has 2 aromatic rings. The number of anilines is 1. The number of halogens is 2. The SMILES string of the molecule is O=C(CSCc1cccc(Cl)c1)Nc1cc2c(cc1Br)OCCO2. The first kappa shape index (κ1) is 17.5. The molecular formula is C17H15BrClNO3S. The predicted molar refractivity (Wildman–Crippen MR) is 101 cm³/mol. The third kappa shape index (κ3) is 4.59. The van der Waals surface area contributed by atoms with Gasteiger partial charge in [0.15, 0.2) is 11.5 Å². The third-order valence-electron chi connectivity index (χ3n) is 3.30. The molecule has 126 valence electrons. The minimum Gasteiger partial charge on any atom is -0.486 e. The molecule has 1 aliphatic heterocycles. The molecule has 3 rings (SSSR count). The molecule has 24 heavy (non-hydrogen) atoms. The second-order valence-corrected chi connectivity index (χ2v) is 7.42. The van der Waals surface area contributed by atoms with Gasteiger partial charge in [0.25, 0.3) is 0 Å². The lowest BCUT2D eigenvalue weighted by Crippen LogP contribution is -2.17. The Morgan fingerprint density at radius 1 is 1.21 bits per heavy atom. The highest BCUT2D eigenvalue weighted by molar-refractivity contribution is 9.10. The monoisotopic (exact) mass is 427 g/mol. The molecule has 2 aromatic carbocycles. The van der Waals surface area contributed by atoms with Gasteiger partial charge in [-0.1, -0.05) is 23.7 Å². The quantitative estimate of drug-likeness (QED) is 0.747. The number of rotatable bonds is 5. The van der Waals surface area contributed by atoms with Crippen LogP contribution in [0.25, 0.3) is 0 Å². The average molecular weight is 429 g/mol. The van der Waals surface area contributed by atoms with E-state index in [9.17, 15) is 4.79 Å². The summed E-state index contributed by atoms with van der Waals surface area (Å²) >= 11 is 10.9. The molecule has 0 radical (unpaired) electrons. The summed E-state index contributed by atoms with van der Waals surface area (Å²) in [6, 6.07) is 11.2. The van der Waals surface area contributed by atoms with Gasteiger partial charge in [0.2, 0.25) is 5.91 Å². The van der Waals surface area contributed by atoms with Crippen molar-refractivity contribution < 1.29 is 14.3 Å². The summed E-state index contributed by atoms with van der Waals surface area (Å²) in [5.41, 5.74) is 1.77. The van der Waals surface area contributed by atoms with Crippen LogP contribution in [-0.2, 0) is 10.5 Å². The molecule has 0 unspecified atom stereocenters. The van der Waals surface area contributed by atoms with E-state index >= 15 is 0 Å². The highest BCUT2D eigenvalue weighted by Gasteiger charge is 2.16. The van der Waals surface area contributed by atoms with Gasteiger partial charge < -0.3 is 14.8 Å². The summed E-state index contributed by atoms with van der Waals surface area (Å²) in [6.07, 6.45) is 0. The van der Waals surface area contributed by atoms with E-state index < -0.39 is 0 Å². The summed E-state index contributed by atoms with van der Waals surface area (Å²) in [5, 5.41) is 3.60. The highest BCUT2D eigenvalue weighted by Crippen LogP contribution is 2.38. The zero-order valence-corrected chi connectivity index (χ0v) is 15.8. The van der Waals surface area contributed by atoms with Crippen LogP contribution in [0.4, 0.5) is 5.69 Å². The van der Waals surface area contributed by atoms with Crippen LogP contribution in [-0.4, -0.2) is 24.9 Å². The molecule has 0 bridgehead atoms. The first-order chi connectivity index (χ1) is 11.6. The fourth-order valence-electron chi connectivity index (χ4n) is 2.23. The Balaban J connectivity index is 1.55. The zero-order chi connectivity index (χ0) is 16.9. The van der Waals surface area contributed by atoms with Crippen molar-refractivity contribution in [2.75, 3.05) is 24.3 Å². The van der Waals surface area contributed by atoms with E-state index in [2.05, 4.69) is 21.2 Å². The van der Waals surface area contributed by atoms with Gasteiger partial charge in [-0.15, -0.1) is 11.8 Å². The molecular weight excluding hydrogens is 414 g/mol. The topological polar surface area (TPSA) is 47.6 Å². The van der Waals surface area contributed by atoms with Gasteiger partial charge in [0.1, 0.15) is 13.2 Å². The lowest BCUT2D eigenvalue weighted by molar-refractivity contribution is -0.113. The van der Waals surface area contributed by atoms with Crippen molar-refractivity contribution in [2.24, 2.45) is 0 Å². The smallest absolute Gasteiger partial charge is 0.234 e. The number of carbonyl (C=O) groups excluding carboxylic acids is 1. The van der Waals surface area contributed by atoms with Gasteiger partial charge in [-0.05, 0) is 33.6 Å². The molecule has 1 N–H and O–H groups in total. The molecule has 0 saturated heterocycles. The van der Waals surface area contributed by atoms with Crippen LogP contribution in [0.3, 0.4) is 0 Å². The number of thioether (sulfide) groups is 1. The summed E-state index contributed by atoms with van der Waals surface area (Å²) in [7, 11) is 0. The van der Waals surface area contributed by atoms with Gasteiger partial charge in [-0.25, -0.2) is 0 Å². The number of ether oxygens (including phenoxy) is 2. The van der Waals surface area contributed by atoms with E-state index in [0.717, 1.165) is 15.8 Å². The maximum atomic E-state index is 12.1.